The van der Waals surface area contributed by atoms with Crippen LogP contribution in [0.15, 0.2) is 17.5 Å². The third kappa shape index (κ3) is 3.54. The molecule has 1 aromatic rings. The van der Waals surface area contributed by atoms with Gasteiger partial charge in [0.25, 0.3) is 0 Å². The maximum absolute atomic E-state index is 12.3. The summed E-state index contributed by atoms with van der Waals surface area (Å²) in [5, 5.41) is 10.8. The molecule has 19 heavy (non-hydrogen) atoms. The highest BCUT2D eigenvalue weighted by Crippen LogP contribution is 2.24. The van der Waals surface area contributed by atoms with Crippen LogP contribution in [0.3, 0.4) is 0 Å². The van der Waals surface area contributed by atoms with Crippen molar-refractivity contribution in [2.75, 3.05) is 13.7 Å². The van der Waals surface area contributed by atoms with Gasteiger partial charge in [-0.1, -0.05) is 6.07 Å². The molecule has 2 rings (SSSR count). The molecular formula is C13H17NO4S. The van der Waals surface area contributed by atoms with Crippen LogP contribution in [0.4, 0.5) is 0 Å². The van der Waals surface area contributed by atoms with Gasteiger partial charge in [0.15, 0.2) is 0 Å². The molecule has 1 fully saturated rings. The van der Waals surface area contributed by atoms with Crippen molar-refractivity contribution in [2.45, 2.75) is 31.4 Å². The minimum Gasteiger partial charge on any atom is -0.481 e. The largest absolute Gasteiger partial charge is 0.481 e. The molecule has 6 heteroatoms. The molecule has 5 nitrogen and oxygen atoms in total. The minimum absolute atomic E-state index is 0.0178. The maximum Gasteiger partial charge on any atom is 0.305 e. The molecule has 1 aliphatic rings. The van der Waals surface area contributed by atoms with E-state index in [0.717, 1.165) is 4.88 Å². The summed E-state index contributed by atoms with van der Waals surface area (Å²) in [5.74, 6) is -0.899. The zero-order valence-electron chi connectivity index (χ0n) is 10.7. The highest BCUT2D eigenvalue weighted by atomic mass is 32.1. The summed E-state index contributed by atoms with van der Waals surface area (Å²) >= 11 is 1.54. The molecule has 0 aromatic carbocycles. The number of thiophene rings is 1. The van der Waals surface area contributed by atoms with E-state index in [1.54, 1.807) is 12.0 Å². The van der Waals surface area contributed by atoms with Crippen molar-refractivity contribution in [3.05, 3.63) is 22.4 Å². The molecule has 0 saturated carbocycles. The van der Waals surface area contributed by atoms with Gasteiger partial charge in [-0.15, -0.1) is 11.3 Å². The highest BCUT2D eigenvalue weighted by Gasteiger charge is 2.36. The number of hydrogen-bond donors (Lipinski definition) is 1. The number of ether oxygens (including phenoxy) is 1. The van der Waals surface area contributed by atoms with Crippen LogP contribution in [0.25, 0.3) is 0 Å². The van der Waals surface area contributed by atoms with Gasteiger partial charge >= 0.3 is 5.97 Å². The van der Waals surface area contributed by atoms with Gasteiger partial charge in [0.05, 0.1) is 18.9 Å². The molecular weight excluding hydrogens is 266 g/mol. The fourth-order valence-electron chi connectivity index (χ4n) is 2.41. The summed E-state index contributed by atoms with van der Waals surface area (Å²) in [6, 6.07) is 3.57. The van der Waals surface area contributed by atoms with Crippen LogP contribution in [0, 0.1) is 0 Å². The second-order valence-corrected chi connectivity index (χ2v) is 5.68. The molecule has 1 aromatic heterocycles. The van der Waals surface area contributed by atoms with E-state index >= 15 is 0 Å². The molecule has 1 amide bonds. The number of carbonyl (C=O) groups is 2. The van der Waals surface area contributed by atoms with E-state index in [2.05, 4.69) is 0 Å². The lowest BCUT2D eigenvalue weighted by Crippen LogP contribution is -2.38. The Morgan fingerprint density at radius 1 is 1.58 bits per heavy atom. The molecule has 1 aliphatic heterocycles. The molecule has 0 spiro atoms. The summed E-state index contributed by atoms with van der Waals surface area (Å²) in [6.45, 7) is 0.485. The maximum atomic E-state index is 12.3. The first-order valence-electron chi connectivity index (χ1n) is 6.16. The van der Waals surface area contributed by atoms with Gasteiger partial charge in [-0.3, -0.25) is 9.59 Å². The normalized spacial score (nSPS) is 22.7. The van der Waals surface area contributed by atoms with Gasteiger partial charge in [0.2, 0.25) is 5.91 Å². The van der Waals surface area contributed by atoms with Crippen molar-refractivity contribution in [1.29, 1.82) is 0 Å². The first kappa shape index (κ1) is 14.0. The Kier molecular flexibility index (Phi) is 4.55. The Bertz CT molecular complexity index is 446. The van der Waals surface area contributed by atoms with Crippen molar-refractivity contribution in [1.82, 2.24) is 4.90 Å². The molecule has 2 heterocycles. The monoisotopic (exact) mass is 283 g/mol. The second-order valence-electron chi connectivity index (χ2n) is 4.65. The van der Waals surface area contributed by atoms with Gasteiger partial charge in [0, 0.05) is 24.6 Å². The molecule has 0 aliphatic carbocycles. The standard InChI is InChI=1S/C13H17NO4S/c1-18-10-5-9(6-13(16)17)14(8-10)12(15)7-11-3-2-4-19-11/h2-4,9-10H,5-8H2,1H3,(H,16,17). The van der Waals surface area contributed by atoms with Crippen LogP contribution in [0.5, 0.6) is 0 Å². The molecule has 1 saturated heterocycles. The summed E-state index contributed by atoms with van der Waals surface area (Å²) < 4.78 is 5.25. The predicted molar refractivity (Wildman–Crippen MR) is 71.2 cm³/mol. The smallest absolute Gasteiger partial charge is 0.305 e. The Morgan fingerprint density at radius 2 is 2.37 bits per heavy atom. The van der Waals surface area contributed by atoms with Crippen LogP contribution < -0.4 is 0 Å². The van der Waals surface area contributed by atoms with Crippen molar-refractivity contribution >= 4 is 23.2 Å². The van der Waals surface area contributed by atoms with E-state index in [-0.39, 0.29) is 24.5 Å². The Balaban J connectivity index is 2.02. The van der Waals surface area contributed by atoms with Crippen LogP contribution >= 0.6 is 11.3 Å². The Hall–Kier alpha value is -1.40. The van der Waals surface area contributed by atoms with Crippen molar-refractivity contribution in [3.8, 4) is 0 Å². The van der Waals surface area contributed by atoms with Crippen molar-refractivity contribution < 1.29 is 19.4 Å². The van der Waals surface area contributed by atoms with E-state index in [1.807, 2.05) is 17.5 Å². The average Bonchev–Trinajstić information content (AvgIpc) is 2.97. The van der Waals surface area contributed by atoms with Crippen molar-refractivity contribution in [2.24, 2.45) is 0 Å². The predicted octanol–water partition coefficient (Wildman–Crippen LogP) is 1.38. The topological polar surface area (TPSA) is 66.8 Å². The lowest BCUT2D eigenvalue weighted by molar-refractivity contribution is -0.139. The third-order valence-electron chi connectivity index (χ3n) is 3.35. The fourth-order valence-corrected chi connectivity index (χ4v) is 3.10. The second kappa shape index (κ2) is 6.16. The van der Waals surface area contributed by atoms with E-state index in [1.165, 1.54) is 11.3 Å². The van der Waals surface area contributed by atoms with Gasteiger partial charge < -0.3 is 14.7 Å². The SMILES string of the molecule is COC1CC(CC(=O)O)N(C(=O)Cc2cccs2)C1. The zero-order valence-corrected chi connectivity index (χ0v) is 11.6. The summed E-state index contributed by atoms with van der Waals surface area (Å²) in [5.41, 5.74) is 0. The average molecular weight is 283 g/mol. The van der Waals surface area contributed by atoms with Gasteiger partial charge in [-0.05, 0) is 17.9 Å². The number of rotatable bonds is 5. The molecule has 0 radical (unpaired) electrons. The molecule has 2 unspecified atom stereocenters. The molecule has 2 atom stereocenters. The minimum atomic E-state index is -0.879. The van der Waals surface area contributed by atoms with E-state index in [9.17, 15) is 9.59 Å². The molecule has 1 N–H and O–H groups in total. The Labute approximate surface area is 115 Å². The molecule has 0 bridgehead atoms. The number of hydrogen-bond acceptors (Lipinski definition) is 4. The number of likely N-dealkylation sites (tertiary alicyclic amines) is 1. The number of nitrogens with zero attached hydrogens (tertiary/aromatic N) is 1. The van der Waals surface area contributed by atoms with Crippen LogP contribution in [0.1, 0.15) is 17.7 Å². The van der Waals surface area contributed by atoms with Gasteiger partial charge in [-0.2, -0.15) is 0 Å². The molecule has 104 valence electrons. The number of carbonyl (C=O) groups excluding carboxylic acids is 1. The van der Waals surface area contributed by atoms with Gasteiger partial charge in [-0.25, -0.2) is 0 Å². The van der Waals surface area contributed by atoms with E-state index < -0.39 is 5.97 Å². The Morgan fingerprint density at radius 3 is 2.95 bits per heavy atom. The van der Waals surface area contributed by atoms with Gasteiger partial charge in [0.1, 0.15) is 0 Å². The van der Waals surface area contributed by atoms with E-state index in [4.69, 9.17) is 9.84 Å². The van der Waals surface area contributed by atoms with Crippen molar-refractivity contribution in [3.63, 3.8) is 0 Å². The third-order valence-corrected chi connectivity index (χ3v) is 4.22. The number of carboxylic acid groups (broad SMARTS) is 1. The number of amides is 1. The quantitative estimate of drug-likeness (QED) is 0.886. The summed E-state index contributed by atoms with van der Waals surface area (Å²) in [4.78, 5) is 25.8. The number of aliphatic carboxylic acids is 1. The fraction of sp³-hybridized carbons (Fsp3) is 0.538. The highest BCUT2D eigenvalue weighted by molar-refractivity contribution is 7.10. The lowest BCUT2D eigenvalue weighted by atomic mass is 10.1. The van der Waals surface area contributed by atoms with E-state index in [0.29, 0.717) is 19.4 Å². The van der Waals surface area contributed by atoms with Crippen LogP contribution in [-0.4, -0.2) is 47.7 Å². The van der Waals surface area contributed by atoms with Crippen LogP contribution in [0.2, 0.25) is 0 Å². The first-order chi connectivity index (χ1) is 9.10. The lowest BCUT2D eigenvalue weighted by Gasteiger charge is -2.23. The zero-order chi connectivity index (χ0) is 13.8. The first-order valence-corrected chi connectivity index (χ1v) is 7.04. The summed E-state index contributed by atoms with van der Waals surface area (Å²) in [7, 11) is 1.59. The number of methoxy groups -OCH3 is 1. The van der Waals surface area contributed by atoms with Crippen LogP contribution in [-0.2, 0) is 20.7 Å². The summed E-state index contributed by atoms with van der Waals surface area (Å²) in [6.07, 6.45) is 0.857. The number of carboxylic acids is 1.